The van der Waals surface area contributed by atoms with Crippen molar-refractivity contribution in [2.45, 2.75) is 0 Å². The standard InChI is InChI=1S/C11H9NO3/c1-12-7-9(15-11(12)14)10(13)8-5-3-2-4-6-8/h2-7H,1H3. The third kappa shape index (κ3) is 1.74. The van der Waals surface area contributed by atoms with Crippen LogP contribution in [0.1, 0.15) is 16.1 Å². The highest BCUT2D eigenvalue weighted by Crippen LogP contribution is 2.07. The minimum Gasteiger partial charge on any atom is -0.404 e. The van der Waals surface area contributed by atoms with Crippen molar-refractivity contribution in [1.82, 2.24) is 4.57 Å². The summed E-state index contributed by atoms with van der Waals surface area (Å²) < 4.78 is 6.02. The lowest BCUT2D eigenvalue weighted by atomic mass is 10.1. The maximum atomic E-state index is 11.8. The van der Waals surface area contributed by atoms with Gasteiger partial charge in [-0.1, -0.05) is 30.3 Å². The zero-order chi connectivity index (χ0) is 10.8. The zero-order valence-electron chi connectivity index (χ0n) is 8.14. The van der Waals surface area contributed by atoms with Gasteiger partial charge in [-0.3, -0.25) is 9.36 Å². The molecule has 0 N–H and O–H groups in total. The Hall–Kier alpha value is -2.10. The van der Waals surface area contributed by atoms with Crippen LogP contribution in [0.2, 0.25) is 0 Å². The van der Waals surface area contributed by atoms with Gasteiger partial charge in [0, 0.05) is 12.6 Å². The molecule has 0 amide bonds. The van der Waals surface area contributed by atoms with Gasteiger partial charge in [-0.25, -0.2) is 4.79 Å². The Morgan fingerprint density at radius 3 is 2.47 bits per heavy atom. The lowest BCUT2D eigenvalue weighted by Gasteiger charge is -1.94. The molecule has 0 bridgehead atoms. The maximum Gasteiger partial charge on any atom is 0.419 e. The number of oxazole rings is 1. The fourth-order valence-corrected chi connectivity index (χ4v) is 1.26. The highest BCUT2D eigenvalue weighted by Gasteiger charge is 2.13. The van der Waals surface area contributed by atoms with Gasteiger partial charge in [0.05, 0.1) is 6.20 Å². The van der Waals surface area contributed by atoms with Crippen LogP contribution in [-0.4, -0.2) is 10.4 Å². The van der Waals surface area contributed by atoms with Gasteiger partial charge in [-0.2, -0.15) is 0 Å². The van der Waals surface area contributed by atoms with Crippen molar-refractivity contribution in [2.24, 2.45) is 7.05 Å². The van der Waals surface area contributed by atoms with E-state index >= 15 is 0 Å². The molecule has 0 saturated carbocycles. The molecule has 0 fully saturated rings. The van der Waals surface area contributed by atoms with Gasteiger partial charge in [0.15, 0.2) is 5.76 Å². The lowest BCUT2D eigenvalue weighted by Crippen LogP contribution is -2.07. The van der Waals surface area contributed by atoms with Gasteiger partial charge in [0.2, 0.25) is 5.78 Å². The Morgan fingerprint density at radius 1 is 1.27 bits per heavy atom. The van der Waals surface area contributed by atoms with E-state index in [1.807, 2.05) is 6.07 Å². The van der Waals surface area contributed by atoms with Crippen LogP contribution >= 0.6 is 0 Å². The van der Waals surface area contributed by atoms with E-state index in [2.05, 4.69) is 0 Å². The summed E-state index contributed by atoms with van der Waals surface area (Å²) in [6.07, 6.45) is 1.39. The summed E-state index contributed by atoms with van der Waals surface area (Å²) >= 11 is 0. The molecule has 0 radical (unpaired) electrons. The number of carbonyl (C=O) groups is 1. The number of hydrogen-bond acceptors (Lipinski definition) is 3. The SMILES string of the molecule is Cn1cc(C(=O)c2ccccc2)oc1=O. The second kappa shape index (κ2) is 3.57. The second-order valence-corrected chi connectivity index (χ2v) is 3.17. The summed E-state index contributed by atoms with van der Waals surface area (Å²) in [6, 6.07) is 8.69. The first-order chi connectivity index (χ1) is 7.18. The van der Waals surface area contributed by atoms with Crippen LogP contribution in [-0.2, 0) is 7.05 Å². The maximum absolute atomic E-state index is 11.8. The average molecular weight is 203 g/mol. The van der Waals surface area contributed by atoms with Gasteiger partial charge in [0.25, 0.3) is 0 Å². The van der Waals surface area contributed by atoms with Gasteiger partial charge in [-0.05, 0) is 0 Å². The van der Waals surface area contributed by atoms with Crippen LogP contribution in [0.5, 0.6) is 0 Å². The van der Waals surface area contributed by atoms with Gasteiger partial charge < -0.3 is 4.42 Å². The van der Waals surface area contributed by atoms with Crippen LogP contribution < -0.4 is 5.76 Å². The van der Waals surface area contributed by atoms with Crippen molar-refractivity contribution < 1.29 is 9.21 Å². The first-order valence-electron chi connectivity index (χ1n) is 4.44. The fourth-order valence-electron chi connectivity index (χ4n) is 1.26. The summed E-state index contributed by atoms with van der Waals surface area (Å²) in [4.78, 5) is 22.8. The summed E-state index contributed by atoms with van der Waals surface area (Å²) in [5, 5.41) is 0. The minimum atomic E-state index is -0.533. The van der Waals surface area contributed by atoms with Crippen molar-refractivity contribution in [1.29, 1.82) is 0 Å². The molecule has 0 aliphatic carbocycles. The molecular weight excluding hydrogens is 194 g/mol. The van der Waals surface area contributed by atoms with Crippen LogP contribution in [0.15, 0.2) is 45.7 Å². The molecular formula is C11H9NO3. The molecule has 0 saturated heterocycles. The fraction of sp³-hybridized carbons (Fsp3) is 0.0909. The minimum absolute atomic E-state index is 0.0636. The normalized spacial score (nSPS) is 10.2. The van der Waals surface area contributed by atoms with Crippen LogP contribution in [0.25, 0.3) is 0 Å². The topological polar surface area (TPSA) is 52.2 Å². The first-order valence-corrected chi connectivity index (χ1v) is 4.44. The number of rotatable bonds is 2. The predicted molar refractivity (Wildman–Crippen MR) is 53.8 cm³/mol. The summed E-state index contributed by atoms with van der Waals surface area (Å²) in [5.74, 6) is -0.753. The predicted octanol–water partition coefficient (Wildman–Crippen LogP) is 1.21. The van der Waals surface area contributed by atoms with E-state index in [-0.39, 0.29) is 11.5 Å². The molecule has 1 aromatic heterocycles. The van der Waals surface area contributed by atoms with Crippen LogP contribution in [0.4, 0.5) is 0 Å². The average Bonchev–Trinajstić information content (AvgIpc) is 2.59. The quantitative estimate of drug-likeness (QED) is 0.689. The van der Waals surface area contributed by atoms with E-state index in [1.165, 1.54) is 17.8 Å². The molecule has 4 heteroatoms. The number of hydrogen-bond donors (Lipinski definition) is 0. The van der Waals surface area contributed by atoms with Crippen LogP contribution in [0, 0.1) is 0 Å². The van der Waals surface area contributed by atoms with E-state index in [9.17, 15) is 9.59 Å². The van der Waals surface area contributed by atoms with Crippen molar-refractivity contribution in [3.8, 4) is 0 Å². The molecule has 2 rings (SSSR count). The molecule has 0 aliphatic heterocycles. The smallest absolute Gasteiger partial charge is 0.404 e. The van der Waals surface area contributed by atoms with Crippen LogP contribution in [0.3, 0.4) is 0 Å². The number of ketones is 1. The molecule has 15 heavy (non-hydrogen) atoms. The third-order valence-corrected chi connectivity index (χ3v) is 2.06. The van der Waals surface area contributed by atoms with Crippen molar-refractivity contribution >= 4 is 5.78 Å². The number of benzene rings is 1. The molecule has 4 nitrogen and oxygen atoms in total. The monoisotopic (exact) mass is 203 g/mol. The number of aryl methyl sites for hydroxylation is 1. The molecule has 0 aliphatic rings. The molecule has 76 valence electrons. The van der Waals surface area contributed by atoms with Gasteiger partial charge >= 0.3 is 5.76 Å². The van der Waals surface area contributed by atoms with E-state index in [1.54, 1.807) is 24.3 Å². The number of carbonyl (C=O) groups excluding carboxylic acids is 1. The zero-order valence-corrected chi connectivity index (χ0v) is 8.14. The number of aromatic nitrogens is 1. The third-order valence-electron chi connectivity index (χ3n) is 2.06. The lowest BCUT2D eigenvalue weighted by molar-refractivity contribution is 0.101. The Labute approximate surface area is 85.8 Å². The Balaban J connectivity index is 2.41. The Kier molecular flexibility index (Phi) is 2.25. The Bertz CT molecular complexity index is 536. The van der Waals surface area contributed by atoms with E-state index in [0.717, 1.165) is 0 Å². The Morgan fingerprint density at radius 2 is 1.93 bits per heavy atom. The molecule has 2 aromatic rings. The van der Waals surface area contributed by atoms with E-state index in [0.29, 0.717) is 5.56 Å². The van der Waals surface area contributed by atoms with Crippen molar-refractivity contribution in [3.63, 3.8) is 0 Å². The summed E-state index contributed by atoms with van der Waals surface area (Å²) in [5.41, 5.74) is 0.506. The summed E-state index contributed by atoms with van der Waals surface area (Å²) in [6.45, 7) is 0. The molecule has 1 aromatic carbocycles. The highest BCUT2D eigenvalue weighted by atomic mass is 16.4. The molecule has 0 atom stereocenters. The molecule has 0 spiro atoms. The van der Waals surface area contributed by atoms with Gasteiger partial charge in [0.1, 0.15) is 0 Å². The van der Waals surface area contributed by atoms with Crippen molar-refractivity contribution in [3.05, 3.63) is 58.4 Å². The van der Waals surface area contributed by atoms with E-state index in [4.69, 9.17) is 4.42 Å². The van der Waals surface area contributed by atoms with E-state index < -0.39 is 5.76 Å². The van der Waals surface area contributed by atoms with Gasteiger partial charge in [-0.15, -0.1) is 0 Å². The van der Waals surface area contributed by atoms with Crippen molar-refractivity contribution in [2.75, 3.05) is 0 Å². The largest absolute Gasteiger partial charge is 0.419 e. The summed E-state index contributed by atoms with van der Waals surface area (Å²) in [7, 11) is 1.54. The highest BCUT2D eigenvalue weighted by molar-refractivity contribution is 6.06. The number of nitrogens with zero attached hydrogens (tertiary/aromatic N) is 1. The first kappa shape index (κ1) is 9.45. The molecule has 1 heterocycles. The molecule has 0 unspecified atom stereocenters. The second-order valence-electron chi connectivity index (χ2n) is 3.17.